The Morgan fingerprint density at radius 1 is 1.06 bits per heavy atom. The van der Waals surface area contributed by atoms with Crippen LogP contribution in [0.5, 0.6) is 5.75 Å². The van der Waals surface area contributed by atoms with Gasteiger partial charge in [-0.15, -0.1) is 0 Å². The second-order valence-electron chi connectivity index (χ2n) is 7.38. The lowest BCUT2D eigenvalue weighted by Crippen LogP contribution is -2.49. The second kappa shape index (κ2) is 10.8. The molecule has 1 atom stereocenters. The Morgan fingerprint density at radius 3 is 2.58 bits per heavy atom. The minimum absolute atomic E-state index is 0.167. The second-order valence-corrected chi connectivity index (χ2v) is 7.82. The summed E-state index contributed by atoms with van der Waals surface area (Å²) in [7, 11) is 0. The molecule has 0 bridgehead atoms. The molecule has 0 aliphatic heterocycles. The van der Waals surface area contributed by atoms with E-state index in [0.29, 0.717) is 17.3 Å². The van der Waals surface area contributed by atoms with E-state index in [1.54, 1.807) is 19.1 Å². The summed E-state index contributed by atoms with van der Waals surface area (Å²) in [5, 5.41) is 5.42. The highest BCUT2D eigenvalue weighted by atomic mass is 35.5. The van der Waals surface area contributed by atoms with Crippen LogP contribution in [0.2, 0.25) is 5.02 Å². The van der Waals surface area contributed by atoms with Crippen molar-refractivity contribution in [2.24, 2.45) is 0 Å². The number of carbonyl (C=O) groups excluding carboxylic acids is 2. The van der Waals surface area contributed by atoms with Crippen LogP contribution < -0.4 is 10.1 Å². The van der Waals surface area contributed by atoms with Gasteiger partial charge in [-0.1, -0.05) is 67.1 Å². The summed E-state index contributed by atoms with van der Waals surface area (Å²) >= 11 is 6.11. The summed E-state index contributed by atoms with van der Waals surface area (Å²) in [6, 6.07) is 20.2. The zero-order chi connectivity index (χ0) is 22.2. The van der Waals surface area contributed by atoms with E-state index < -0.39 is 6.04 Å². The lowest BCUT2D eigenvalue weighted by molar-refractivity contribution is -0.142. The summed E-state index contributed by atoms with van der Waals surface area (Å²) in [5.41, 5.74) is 0.848. The summed E-state index contributed by atoms with van der Waals surface area (Å²) in [4.78, 5) is 27.3. The predicted octanol–water partition coefficient (Wildman–Crippen LogP) is 4.82. The van der Waals surface area contributed by atoms with Gasteiger partial charge in [0.05, 0.1) is 0 Å². The molecule has 0 unspecified atom stereocenters. The van der Waals surface area contributed by atoms with Gasteiger partial charge in [-0.2, -0.15) is 0 Å². The molecule has 162 valence electrons. The molecule has 31 heavy (non-hydrogen) atoms. The number of fused-ring (bicyclic) bond motifs is 1. The van der Waals surface area contributed by atoms with Crippen LogP contribution in [0, 0.1) is 0 Å². The van der Waals surface area contributed by atoms with Gasteiger partial charge in [0, 0.05) is 23.5 Å². The number of hydrogen-bond donors (Lipinski definition) is 1. The summed E-state index contributed by atoms with van der Waals surface area (Å²) < 4.78 is 5.89. The fraction of sp³-hybridized carbons (Fsp3) is 0.280. The highest BCUT2D eigenvalue weighted by Gasteiger charge is 2.26. The van der Waals surface area contributed by atoms with Crippen LogP contribution in [-0.4, -0.2) is 35.9 Å². The number of hydrogen-bond acceptors (Lipinski definition) is 3. The van der Waals surface area contributed by atoms with Gasteiger partial charge in [-0.25, -0.2) is 0 Å². The van der Waals surface area contributed by atoms with Crippen molar-refractivity contribution in [2.75, 3.05) is 13.2 Å². The Labute approximate surface area is 188 Å². The maximum absolute atomic E-state index is 13.1. The number of ether oxygens (including phenoxy) is 1. The monoisotopic (exact) mass is 438 g/mol. The Kier molecular flexibility index (Phi) is 7.90. The first kappa shape index (κ1) is 22.6. The number of nitrogens with one attached hydrogen (secondary N) is 1. The minimum atomic E-state index is -0.644. The summed E-state index contributed by atoms with van der Waals surface area (Å²) in [6.07, 6.45) is 0.824. The van der Waals surface area contributed by atoms with Gasteiger partial charge in [0.15, 0.2) is 6.61 Å². The van der Waals surface area contributed by atoms with Crippen LogP contribution in [0.25, 0.3) is 10.8 Å². The zero-order valence-corrected chi connectivity index (χ0v) is 18.6. The van der Waals surface area contributed by atoms with Crippen molar-refractivity contribution in [3.05, 3.63) is 77.3 Å². The normalized spacial score (nSPS) is 11.7. The van der Waals surface area contributed by atoms with Crippen LogP contribution in [0.1, 0.15) is 25.8 Å². The van der Waals surface area contributed by atoms with Crippen molar-refractivity contribution < 1.29 is 14.3 Å². The molecular formula is C25H27ClN2O3. The highest BCUT2D eigenvalue weighted by molar-refractivity contribution is 6.30. The van der Waals surface area contributed by atoms with E-state index in [4.69, 9.17) is 16.3 Å². The minimum Gasteiger partial charge on any atom is -0.483 e. The fourth-order valence-corrected chi connectivity index (χ4v) is 3.57. The molecule has 5 nitrogen and oxygen atoms in total. The number of halogens is 1. The van der Waals surface area contributed by atoms with Crippen LogP contribution in [-0.2, 0) is 16.1 Å². The van der Waals surface area contributed by atoms with E-state index in [-0.39, 0.29) is 25.0 Å². The van der Waals surface area contributed by atoms with Crippen LogP contribution in [0.3, 0.4) is 0 Å². The molecule has 3 rings (SSSR count). The largest absolute Gasteiger partial charge is 0.483 e. The molecule has 0 radical (unpaired) electrons. The molecule has 0 spiro atoms. The average molecular weight is 439 g/mol. The Hall–Kier alpha value is -3.05. The third-order valence-electron chi connectivity index (χ3n) is 5.06. The fourth-order valence-electron chi connectivity index (χ4n) is 3.35. The van der Waals surface area contributed by atoms with Gasteiger partial charge in [-0.05, 0) is 42.5 Å². The highest BCUT2D eigenvalue weighted by Crippen LogP contribution is 2.25. The van der Waals surface area contributed by atoms with Gasteiger partial charge in [0.25, 0.3) is 5.91 Å². The van der Waals surface area contributed by atoms with Crippen molar-refractivity contribution in [2.45, 2.75) is 32.9 Å². The molecule has 3 aromatic rings. The molecule has 6 heteroatoms. The molecule has 0 aliphatic rings. The van der Waals surface area contributed by atoms with Gasteiger partial charge >= 0.3 is 0 Å². The molecular weight excluding hydrogens is 412 g/mol. The number of benzene rings is 3. The maximum atomic E-state index is 13.1. The molecule has 3 aromatic carbocycles. The molecule has 0 aromatic heterocycles. The van der Waals surface area contributed by atoms with Gasteiger partial charge < -0.3 is 15.0 Å². The summed E-state index contributed by atoms with van der Waals surface area (Å²) in [5.74, 6) is 0.173. The lowest BCUT2D eigenvalue weighted by atomic mass is 10.1. The zero-order valence-electron chi connectivity index (χ0n) is 17.8. The molecule has 1 N–H and O–H groups in total. The van der Waals surface area contributed by atoms with E-state index in [1.807, 2.05) is 61.5 Å². The van der Waals surface area contributed by atoms with Crippen molar-refractivity contribution in [1.82, 2.24) is 10.2 Å². The molecule has 0 saturated heterocycles. The standard InChI is InChI=1S/C25H27ClN2O3/c1-3-14-27-25(30)18(2)28(16-19-8-6-11-21(26)15-19)24(29)17-31-23-13-7-10-20-9-4-5-12-22(20)23/h4-13,15,18H,3,14,16-17H2,1-2H3,(H,27,30)/t18-/m1/s1. The quantitative estimate of drug-likeness (QED) is 0.521. The number of amides is 2. The van der Waals surface area contributed by atoms with Gasteiger partial charge in [-0.3, -0.25) is 9.59 Å². The Morgan fingerprint density at radius 2 is 1.81 bits per heavy atom. The average Bonchev–Trinajstić information content (AvgIpc) is 2.79. The first-order valence-corrected chi connectivity index (χ1v) is 10.8. The van der Waals surface area contributed by atoms with E-state index in [0.717, 1.165) is 22.8 Å². The third kappa shape index (κ3) is 5.98. The first-order chi connectivity index (χ1) is 15.0. The molecule has 0 saturated carbocycles. The molecule has 0 aliphatic carbocycles. The summed E-state index contributed by atoms with van der Waals surface area (Å²) in [6.45, 7) is 4.37. The van der Waals surface area contributed by atoms with Gasteiger partial charge in [0.2, 0.25) is 5.91 Å². The van der Waals surface area contributed by atoms with Crippen molar-refractivity contribution in [1.29, 1.82) is 0 Å². The number of carbonyl (C=O) groups is 2. The van der Waals surface area contributed by atoms with E-state index in [2.05, 4.69) is 5.32 Å². The van der Waals surface area contributed by atoms with E-state index in [9.17, 15) is 9.59 Å². The molecule has 0 fully saturated rings. The topological polar surface area (TPSA) is 58.6 Å². The number of nitrogens with zero attached hydrogens (tertiary/aromatic N) is 1. The van der Waals surface area contributed by atoms with Crippen molar-refractivity contribution in [3.8, 4) is 5.75 Å². The van der Waals surface area contributed by atoms with E-state index in [1.165, 1.54) is 4.90 Å². The Bertz CT molecular complexity index is 1050. The van der Waals surface area contributed by atoms with Crippen LogP contribution >= 0.6 is 11.6 Å². The maximum Gasteiger partial charge on any atom is 0.261 e. The third-order valence-corrected chi connectivity index (χ3v) is 5.29. The van der Waals surface area contributed by atoms with Gasteiger partial charge in [0.1, 0.15) is 11.8 Å². The van der Waals surface area contributed by atoms with Crippen molar-refractivity contribution >= 4 is 34.2 Å². The predicted molar refractivity (Wildman–Crippen MR) is 124 cm³/mol. The van der Waals surface area contributed by atoms with E-state index >= 15 is 0 Å². The lowest BCUT2D eigenvalue weighted by Gasteiger charge is -2.29. The Balaban J connectivity index is 1.78. The molecule has 2 amide bonds. The van der Waals surface area contributed by atoms with Crippen LogP contribution in [0.4, 0.5) is 0 Å². The first-order valence-electron chi connectivity index (χ1n) is 10.4. The number of rotatable bonds is 9. The van der Waals surface area contributed by atoms with Crippen molar-refractivity contribution in [3.63, 3.8) is 0 Å². The van der Waals surface area contributed by atoms with Crippen LogP contribution in [0.15, 0.2) is 66.7 Å². The SMILES string of the molecule is CCCNC(=O)[C@@H](C)N(Cc1cccc(Cl)c1)C(=O)COc1cccc2ccccc12. The molecule has 0 heterocycles. The smallest absolute Gasteiger partial charge is 0.261 e.